The number of nitrogens with zero attached hydrogens (tertiary/aromatic N) is 2. The van der Waals surface area contributed by atoms with E-state index in [4.69, 9.17) is 0 Å². The monoisotopic (exact) mass is 360 g/mol. The molecular formula is C17H10F2N2OS2. The van der Waals surface area contributed by atoms with Gasteiger partial charge in [0.1, 0.15) is 22.4 Å². The van der Waals surface area contributed by atoms with Gasteiger partial charge in [0.2, 0.25) is 0 Å². The van der Waals surface area contributed by atoms with Gasteiger partial charge in [0.05, 0.1) is 16.0 Å². The van der Waals surface area contributed by atoms with Crippen LogP contribution in [0.3, 0.4) is 0 Å². The van der Waals surface area contributed by atoms with Crippen LogP contribution in [0.1, 0.15) is 5.01 Å². The predicted molar refractivity (Wildman–Crippen MR) is 91.9 cm³/mol. The van der Waals surface area contributed by atoms with Crippen molar-refractivity contribution in [3.05, 3.63) is 64.9 Å². The number of hydrogen-bond acceptors (Lipinski definition) is 5. The van der Waals surface area contributed by atoms with E-state index in [-0.39, 0.29) is 17.1 Å². The third kappa shape index (κ3) is 3.40. The minimum absolute atomic E-state index is 0.0594. The van der Waals surface area contributed by atoms with Gasteiger partial charge in [-0.25, -0.2) is 13.8 Å². The van der Waals surface area contributed by atoms with E-state index in [1.54, 1.807) is 0 Å². The fourth-order valence-corrected chi connectivity index (χ4v) is 3.79. The fraction of sp³-hybridized carbons (Fsp3) is 0.0588. The molecule has 0 bridgehead atoms. The van der Waals surface area contributed by atoms with Gasteiger partial charge in [0.15, 0.2) is 11.6 Å². The van der Waals surface area contributed by atoms with Crippen LogP contribution in [0.25, 0.3) is 15.8 Å². The van der Waals surface area contributed by atoms with E-state index in [9.17, 15) is 19.1 Å². The number of fused-ring (bicyclic) bond motifs is 1. The first kappa shape index (κ1) is 16.4. The summed E-state index contributed by atoms with van der Waals surface area (Å²) in [6.07, 6.45) is 0. The van der Waals surface area contributed by atoms with Crippen LogP contribution in [-0.4, -0.2) is 15.8 Å². The van der Waals surface area contributed by atoms with E-state index >= 15 is 0 Å². The highest BCUT2D eigenvalue weighted by Gasteiger charge is 2.14. The molecule has 3 rings (SSSR count). The summed E-state index contributed by atoms with van der Waals surface area (Å²) in [6.45, 7) is 0. The Bertz CT molecular complexity index is 943. The van der Waals surface area contributed by atoms with Gasteiger partial charge in [0.25, 0.3) is 0 Å². The van der Waals surface area contributed by atoms with E-state index in [0.717, 1.165) is 34.1 Å². The van der Waals surface area contributed by atoms with E-state index in [1.165, 1.54) is 17.4 Å². The molecular weight excluding hydrogens is 350 g/mol. The molecule has 0 unspecified atom stereocenters. The van der Waals surface area contributed by atoms with Crippen molar-refractivity contribution < 1.29 is 13.9 Å². The van der Waals surface area contributed by atoms with Crippen LogP contribution in [0.2, 0.25) is 0 Å². The number of aromatic nitrogens is 1. The summed E-state index contributed by atoms with van der Waals surface area (Å²) in [5, 5.41) is 20.0. The van der Waals surface area contributed by atoms with Crippen LogP contribution in [0, 0.1) is 23.0 Å². The second-order valence-corrected chi connectivity index (χ2v) is 6.86. The zero-order chi connectivity index (χ0) is 17.1. The largest absolute Gasteiger partial charge is 0.510 e. The Labute approximate surface area is 144 Å². The van der Waals surface area contributed by atoms with Crippen molar-refractivity contribution in [3.8, 4) is 6.07 Å². The molecule has 0 amide bonds. The van der Waals surface area contributed by atoms with Gasteiger partial charge in [0, 0.05) is 4.90 Å². The summed E-state index contributed by atoms with van der Waals surface area (Å²) in [5.74, 6) is -1.96. The Hall–Kier alpha value is -2.43. The number of thioether (sulfide) groups is 1. The molecule has 0 saturated heterocycles. The number of nitriles is 1. The van der Waals surface area contributed by atoms with Gasteiger partial charge in [-0.05, 0) is 30.3 Å². The molecule has 0 aliphatic heterocycles. The Morgan fingerprint density at radius 1 is 1.21 bits per heavy atom. The third-order valence-electron chi connectivity index (χ3n) is 3.17. The Kier molecular flexibility index (Phi) is 4.79. The molecule has 1 heterocycles. The van der Waals surface area contributed by atoms with E-state index in [2.05, 4.69) is 4.98 Å². The van der Waals surface area contributed by atoms with Crippen molar-refractivity contribution in [1.82, 2.24) is 4.98 Å². The van der Waals surface area contributed by atoms with Crippen LogP contribution in [0.4, 0.5) is 8.78 Å². The smallest absolute Gasteiger partial charge is 0.159 e. The maximum absolute atomic E-state index is 13.2. The second-order valence-electron chi connectivity index (χ2n) is 4.78. The molecule has 1 N–H and O–H groups in total. The zero-order valence-corrected chi connectivity index (χ0v) is 13.8. The number of aliphatic hydroxyl groups excluding tert-OH is 1. The van der Waals surface area contributed by atoms with Gasteiger partial charge in [-0.15, -0.1) is 23.1 Å². The number of allylic oxidation sites excluding steroid dienone is 1. The van der Waals surface area contributed by atoms with Crippen LogP contribution in [0.15, 0.2) is 53.1 Å². The molecule has 7 heteroatoms. The van der Waals surface area contributed by atoms with Gasteiger partial charge >= 0.3 is 0 Å². The summed E-state index contributed by atoms with van der Waals surface area (Å²) in [7, 11) is 0. The number of hydrogen-bond donors (Lipinski definition) is 1. The van der Waals surface area contributed by atoms with Crippen LogP contribution >= 0.6 is 23.1 Å². The molecule has 120 valence electrons. The Morgan fingerprint density at radius 3 is 2.71 bits per heavy atom. The maximum atomic E-state index is 13.2. The third-order valence-corrected chi connectivity index (χ3v) is 5.23. The number of para-hydroxylation sites is 1. The normalized spacial score (nSPS) is 12.0. The SMILES string of the molecule is N#C/C(=C(/O)CSc1ccc(F)c(F)c1)c1nc2ccccc2s1. The predicted octanol–water partition coefficient (Wildman–Crippen LogP) is 5.16. The second kappa shape index (κ2) is 6.99. The molecule has 0 aliphatic rings. The minimum atomic E-state index is -0.949. The molecule has 0 atom stereocenters. The first-order valence-electron chi connectivity index (χ1n) is 6.84. The molecule has 1 aromatic heterocycles. The summed E-state index contributed by atoms with van der Waals surface area (Å²) in [6, 6.07) is 12.9. The molecule has 3 aromatic rings. The lowest BCUT2D eigenvalue weighted by Crippen LogP contribution is -1.93. The van der Waals surface area contributed by atoms with Crippen molar-refractivity contribution in [3.63, 3.8) is 0 Å². The highest BCUT2D eigenvalue weighted by Crippen LogP contribution is 2.30. The lowest BCUT2D eigenvalue weighted by molar-refractivity contribution is 0.421. The first-order valence-corrected chi connectivity index (χ1v) is 8.64. The van der Waals surface area contributed by atoms with Gasteiger partial charge in [-0.1, -0.05) is 12.1 Å². The van der Waals surface area contributed by atoms with Crippen LogP contribution < -0.4 is 0 Å². The Balaban J connectivity index is 1.84. The average Bonchev–Trinajstić information content (AvgIpc) is 3.00. The molecule has 3 nitrogen and oxygen atoms in total. The number of halogens is 2. The van der Waals surface area contributed by atoms with Gasteiger partial charge in [-0.2, -0.15) is 5.26 Å². The minimum Gasteiger partial charge on any atom is -0.510 e. The van der Waals surface area contributed by atoms with Crippen molar-refractivity contribution in [2.75, 3.05) is 5.75 Å². The summed E-state index contributed by atoms with van der Waals surface area (Å²) in [4.78, 5) is 4.81. The van der Waals surface area contributed by atoms with Crippen molar-refractivity contribution in [1.29, 1.82) is 5.26 Å². The van der Waals surface area contributed by atoms with Crippen molar-refractivity contribution in [2.24, 2.45) is 0 Å². The maximum Gasteiger partial charge on any atom is 0.159 e. The fourth-order valence-electron chi connectivity index (χ4n) is 2.01. The topological polar surface area (TPSA) is 56.9 Å². The average molecular weight is 360 g/mol. The molecule has 0 saturated carbocycles. The molecule has 0 spiro atoms. The number of rotatable bonds is 4. The lowest BCUT2D eigenvalue weighted by Gasteiger charge is -2.03. The van der Waals surface area contributed by atoms with Gasteiger partial charge < -0.3 is 5.11 Å². The molecule has 2 aromatic carbocycles. The lowest BCUT2D eigenvalue weighted by atomic mass is 10.2. The van der Waals surface area contributed by atoms with Crippen LogP contribution in [-0.2, 0) is 0 Å². The van der Waals surface area contributed by atoms with Gasteiger partial charge in [-0.3, -0.25) is 0 Å². The number of benzene rings is 2. The summed E-state index contributed by atoms with van der Waals surface area (Å²) in [5.41, 5.74) is 0.845. The summed E-state index contributed by atoms with van der Waals surface area (Å²) >= 11 is 2.42. The molecule has 0 radical (unpaired) electrons. The van der Waals surface area contributed by atoms with Crippen molar-refractivity contribution in [2.45, 2.75) is 4.90 Å². The van der Waals surface area contributed by atoms with E-state index in [0.29, 0.717) is 9.90 Å². The van der Waals surface area contributed by atoms with E-state index < -0.39 is 11.6 Å². The molecule has 0 fully saturated rings. The standard InChI is InChI=1S/C17H10F2N2OS2/c18-12-6-5-10(7-13(12)19)23-9-15(22)11(8-20)17-21-14-3-1-2-4-16(14)24-17/h1-7,22H,9H2/b15-11-. The zero-order valence-electron chi connectivity index (χ0n) is 12.2. The highest BCUT2D eigenvalue weighted by atomic mass is 32.2. The number of thiazole rings is 1. The Morgan fingerprint density at radius 2 is 2.00 bits per heavy atom. The first-order chi connectivity index (χ1) is 11.6. The van der Waals surface area contributed by atoms with E-state index in [1.807, 2.05) is 30.3 Å². The van der Waals surface area contributed by atoms with Crippen LogP contribution in [0.5, 0.6) is 0 Å². The number of aliphatic hydroxyl groups is 1. The van der Waals surface area contributed by atoms with Crippen molar-refractivity contribution >= 4 is 38.9 Å². The highest BCUT2D eigenvalue weighted by molar-refractivity contribution is 7.99. The quantitative estimate of drug-likeness (QED) is 0.397. The molecule has 24 heavy (non-hydrogen) atoms. The summed E-state index contributed by atoms with van der Waals surface area (Å²) < 4.78 is 27.0. The molecule has 0 aliphatic carbocycles.